The van der Waals surface area contributed by atoms with Crippen molar-refractivity contribution in [3.05, 3.63) is 52.1 Å². The molecule has 122 valence electrons. The van der Waals surface area contributed by atoms with Crippen molar-refractivity contribution in [2.45, 2.75) is 6.04 Å². The minimum absolute atomic E-state index is 0.101. The Morgan fingerprint density at radius 2 is 2.12 bits per heavy atom. The number of nitriles is 1. The molecule has 0 amide bonds. The van der Waals surface area contributed by atoms with Crippen molar-refractivity contribution >= 4 is 35.8 Å². The molecule has 0 aliphatic rings. The minimum Gasteiger partial charge on any atom is -0.311 e. The zero-order valence-corrected chi connectivity index (χ0v) is 13.7. The van der Waals surface area contributed by atoms with Gasteiger partial charge in [0.2, 0.25) is 5.78 Å². The van der Waals surface area contributed by atoms with Gasteiger partial charge >= 0.3 is 7.75 Å². The summed E-state index contributed by atoms with van der Waals surface area (Å²) in [5.74, 6) is -0.486. The first-order valence-corrected chi connectivity index (χ1v) is 9.09. The van der Waals surface area contributed by atoms with Crippen LogP contribution in [0.3, 0.4) is 0 Å². The largest absolute Gasteiger partial charge is 0.434 e. The second-order valence-electron chi connectivity index (χ2n) is 4.93. The lowest BCUT2D eigenvalue weighted by Crippen LogP contribution is -2.08. The number of hydrogen-bond donors (Lipinski definition) is 3. The number of benzene rings is 1. The summed E-state index contributed by atoms with van der Waals surface area (Å²) in [5, 5.41) is 10.8. The first-order chi connectivity index (χ1) is 11.3. The van der Waals surface area contributed by atoms with Gasteiger partial charge in [0, 0.05) is 17.0 Å². The molecule has 0 aliphatic carbocycles. The third kappa shape index (κ3) is 2.78. The molecule has 0 aliphatic heterocycles. The van der Waals surface area contributed by atoms with E-state index in [4.69, 9.17) is 11.0 Å². The van der Waals surface area contributed by atoms with Crippen molar-refractivity contribution in [3.63, 3.8) is 0 Å². The first kappa shape index (κ1) is 16.5. The molecule has 0 bridgehead atoms. The van der Waals surface area contributed by atoms with Gasteiger partial charge in [-0.1, -0.05) is 18.2 Å². The lowest BCUT2D eigenvalue weighted by Gasteiger charge is -2.05. The van der Waals surface area contributed by atoms with E-state index in [0.29, 0.717) is 5.39 Å². The molecule has 0 spiro atoms. The third-order valence-corrected chi connectivity index (χ3v) is 5.14. The Hall–Kier alpha value is -2.34. The molecule has 1 atom stereocenters. The number of hydrogen-bond acceptors (Lipinski definition) is 6. The molecule has 2 aromatic heterocycles. The number of nitrogens with zero attached hydrogens (tertiary/aromatic N) is 3. The van der Waals surface area contributed by atoms with Gasteiger partial charge in [-0.15, -0.1) is 11.3 Å². The summed E-state index contributed by atoms with van der Waals surface area (Å²) in [4.78, 5) is 35.7. The Labute approximate surface area is 140 Å². The molecule has 10 heteroatoms. The summed E-state index contributed by atoms with van der Waals surface area (Å²) in [5.41, 5.74) is 6.22. The molecule has 0 saturated carbocycles. The topological polar surface area (TPSA) is 142 Å². The summed E-state index contributed by atoms with van der Waals surface area (Å²) in [6, 6.07) is 7.31. The number of rotatable bonds is 4. The number of carbonyl (C=O) groups excluding carboxylic acids is 1. The molecule has 1 unspecified atom stereocenters. The molecule has 0 fully saturated rings. The summed E-state index contributed by atoms with van der Waals surface area (Å²) in [6.07, 6.45) is 1.12. The van der Waals surface area contributed by atoms with E-state index >= 15 is 0 Å². The Morgan fingerprint density at radius 3 is 2.79 bits per heavy atom. The standard InChI is InChI=1S/C14H11N4O4PS/c15-5-10(16)11-7-24-14(17-11)13(19)9-6-18(23(20,21)22)12-4-2-1-3-8(9)12/h1-4,6-7,10H,16H2,(H2,20,21,22). The molecule has 8 nitrogen and oxygen atoms in total. The molecule has 3 aromatic rings. The number of fused-ring (bicyclic) bond motifs is 1. The van der Waals surface area contributed by atoms with Gasteiger partial charge in [0.25, 0.3) is 0 Å². The normalized spacial score (nSPS) is 12.9. The number of carbonyl (C=O) groups is 1. The molecule has 3 rings (SSSR count). The maximum Gasteiger partial charge on any atom is 0.434 e. The second kappa shape index (κ2) is 5.94. The number of nitrogens with two attached hydrogens (primary N) is 1. The van der Waals surface area contributed by atoms with Crippen molar-refractivity contribution < 1.29 is 19.1 Å². The molecule has 1 aromatic carbocycles. The molecule has 0 saturated heterocycles. The highest BCUT2D eigenvalue weighted by Crippen LogP contribution is 2.42. The zero-order valence-electron chi connectivity index (χ0n) is 12.0. The van der Waals surface area contributed by atoms with Crippen LogP contribution < -0.4 is 5.73 Å². The SMILES string of the molecule is N#CC(N)c1csc(C(=O)c2cn(P(=O)(O)O)c3ccccc23)n1. The van der Waals surface area contributed by atoms with Crippen LogP contribution in [0.5, 0.6) is 0 Å². The predicted octanol–water partition coefficient (Wildman–Crippen LogP) is 1.79. The van der Waals surface area contributed by atoms with Gasteiger partial charge in [-0.25, -0.2) is 9.55 Å². The molecular formula is C14H11N4O4PS. The van der Waals surface area contributed by atoms with Gasteiger partial charge in [-0.2, -0.15) is 5.26 Å². The molecule has 2 heterocycles. The smallest absolute Gasteiger partial charge is 0.311 e. The van der Waals surface area contributed by atoms with Crippen LogP contribution in [0.15, 0.2) is 35.8 Å². The Bertz CT molecular complexity index is 1030. The second-order valence-corrected chi connectivity index (χ2v) is 7.25. The third-order valence-electron chi connectivity index (χ3n) is 3.39. The van der Waals surface area contributed by atoms with Gasteiger partial charge in [-0.3, -0.25) is 9.13 Å². The monoisotopic (exact) mass is 362 g/mol. The number of ketones is 1. The average Bonchev–Trinajstić information content (AvgIpc) is 3.18. The predicted molar refractivity (Wildman–Crippen MR) is 87.5 cm³/mol. The summed E-state index contributed by atoms with van der Waals surface area (Å²) < 4.78 is 12.4. The van der Waals surface area contributed by atoms with Gasteiger partial charge in [-0.05, 0) is 6.07 Å². The lowest BCUT2D eigenvalue weighted by atomic mass is 10.1. The summed E-state index contributed by atoms with van der Waals surface area (Å²) >= 11 is 1.03. The highest BCUT2D eigenvalue weighted by molar-refractivity contribution is 7.50. The Balaban J connectivity index is 2.13. The number of para-hydroxylation sites is 1. The zero-order chi connectivity index (χ0) is 17.5. The van der Waals surface area contributed by atoms with E-state index in [9.17, 15) is 19.1 Å². The minimum atomic E-state index is -4.60. The van der Waals surface area contributed by atoms with Crippen LogP contribution in [0.1, 0.15) is 27.1 Å². The Morgan fingerprint density at radius 1 is 1.42 bits per heavy atom. The van der Waals surface area contributed by atoms with E-state index in [1.165, 1.54) is 11.4 Å². The fourth-order valence-electron chi connectivity index (χ4n) is 2.27. The van der Waals surface area contributed by atoms with Crippen LogP contribution >= 0.6 is 19.1 Å². The van der Waals surface area contributed by atoms with Crippen LogP contribution in [0.4, 0.5) is 0 Å². The van der Waals surface area contributed by atoms with Crippen molar-refractivity contribution in [3.8, 4) is 6.07 Å². The highest BCUT2D eigenvalue weighted by Gasteiger charge is 2.26. The fourth-order valence-corrected chi connectivity index (χ4v) is 3.80. The van der Waals surface area contributed by atoms with E-state index in [-0.39, 0.29) is 21.8 Å². The fraction of sp³-hybridized carbons (Fsp3) is 0.0714. The highest BCUT2D eigenvalue weighted by atomic mass is 32.1. The molecular weight excluding hydrogens is 351 g/mol. The number of aromatic nitrogens is 2. The van der Waals surface area contributed by atoms with Gasteiger partial charge < -0.3 is 15.5 Å². The maximum atomic E-state index is 12.7. The quantitative estimate of drug-likeness (QED) is 0.474. The van der Waals surface area contributed by atoms with Gasteiger partial charge in [0.15, 0.2) is 5.01 Å². The van der Waals surface area contributed by atoms with Crippen LogP contribution in [0, 0.1) is 11.3 Å². The van der Waals surface area contributed by atoms with E-state index in [1.54, 1.807) is 18.2 Å². The van der Waals surface area contributed by atoms with Crippen molar-refractivity contribution in [2.75, 3.05) is 0 Å². The van der Waals surface area contributed by atoms with Crippen LogP contribution in [0.2, 0.25) is 0 Å². The van der Waals surface area contributed by atoms with Crippen molar-refractivity contribution in [2.24, 2.45) is 5.73 Å². The van der Waals surface area contributed by atoms with Crippen LogP contribution in [0.25, 0.3) is 10.9 Å². The van der Waals surface area contributed by atoms with Gasteiger partial charge in [0.1, 0.15) is 6.04 Å². The van der Waals surface area contributed by atoms with E-state index in [2.05, 4.69) is 4.98 Å². The molecule has 0 radical (unpaired) electrons. The molecule has 4 N–H and O–H groups in total. The lowest BCUT2D eigenvalue weighted by molar-refractivity contribution is 0.103. The Kier molecular flexibility index (Phi) is 4.09. The van der Waals surface area contributed by atoms with Crippen molar-refractivity contribution in [1.82, 2.24) is 9.32 Å². The first-order valence-electron chi connectivity index (χ1n) is 6.64. The average molecular weight is 362 g/mol. The van der Waals surface area contributed by atoms with E-state index < -0.39 is 19.6 Å². The van der Waals surface area contributed by atoms with E-state index in [1.807, 2.05) is 6.07 Å². The molecule has 24 heavy (non-hydrogen) atoms. The maximum absolute atomic E-state index is 12.7. The van der Waals surface area contributed by atoms with E-state index in [0.717, 1.165) is 21.9 Å². The van der Waals surface area contributed by atoms with Crippen molar-refractivity contribution in [1.29, 1.82) is 5.26 Å². The number of thiazole rings is 1. The van der Waals surface area contributed by atoms with Gasteiger partial charge in [0.05, 0.1) is 22.8 Å². The summed E-state index contributed by atoms with van der Waals surface area (Å²) in [6.45, 7) is 0. The van der Waals surface area contributed by atoms with Crippen LogP contribution in [-0.2, 0) is 4.57 Å². The summed E-state index contributed by atoms with van der Waals surface area (Å²) in [7, 11) is -4.60. The van der Waals surface area contributed by atoms with Crippen LogP contribution in [-0.4, -0.2) is 24.9 Å².